The Bertz CT molecular complexity index is 989. The number of Topliss-reactive ketones (excluding diaryl/α,β-unsaturated/α-hetero) is 1. The number of likely N-dealkylation sites (tertiary alicyclic amines) is 1. The molecule has 0 bridgehead atoms. The second kappa shape index (κ2) is 9.36. The van der Waals surface area contributed by atoms with Crippen molar-refractivity contribution in [1.29, 1.82) is 0 Å². The molecule has 1 unspecified atom stereocenters. The lowest BCUT2D eigenvalue weighted by Crippen LogP contribution is -2.39. The lowest BCUT2D eigenvalue weighted by molar-refractivity contribution is -0.140. The smallest absolute Gasteiger partial charge is 0.295 e. The molecule has 1 N–H and O–H groups in total. The van der Waals surface area contributed by atoms with Gasteiger partial charge in [-0.2, -0.15) is 0 Å². The summed E-state index contributed by atoms with van der Waals surface area (Å²) in [6.07, 6.45) is 3.57. The van der Waals surface area contributed by atoms with E-state index in [1.54, 1.807) is 30.3 Å². The lowest BCUT2D eigenvalue weighted by Gasteiger charge is -2.29. The third-order valence-electron chi connectivity index (χ3n) is 5.67. The summed E-state index contributed by atoms with van der Waals surface area (Å²) in [5, 5.41) is 10.9. The van der Waals surface area contributed by atoms with E-state index >= 15 is 0 Å². The summed E-state index contributed by atoms with van der Waals surface area (Å²) in [7, 11) is 0. The molecular formula is C23H24FN3O4. The molecule has 2 aliphatic rings. The maximum Gasteiger partial charge on any atom is 0.295 e. The van der Waals surface area contributed by atoms with Gasteiger partial charge >= 0.3 is 0 Å². The number of carbonyl (C=O) groups is 2. The summed E-state index contributed by atoms with van der Waals surface area (Å²) in [4.78, 5) is 33.3. The van der Waals surface area contributed by atoms with Crippen molar-refractivity contribution in [3.63, 3.8) is 0 Å². The van der Waals surface area contributed by atoms with Gasteiger partial charge in [-0.1, -0.05) is 18.2 Å². The Morgan fingerprint density at radius 2 is 1.81 bits per heavy atom. The van der Waals surface area contributed by atoms with Gasteiger partial charge in [-0.05, 0) is 24.6 Å². The van der Waals surface area contributed by atoms with Crippen LogP contribution in [0.1, 0.15) is 23.6 Å². The Morgan fingerprint density at radius 3 is 2.52 bits per heavy atom. The number of carbonyl (C=O) groups excluding carboxylic acids is 2. The predicted molar refractivity (Wildman–Crippen MR) is 112 cm³/mol. The zero-order valence-corrected chi connectivity index (χ0v) is 17.0. The van der Waals surface area contributed by atoms with Gasteiger partial charge in [-0.3, -0.25) is 19.5 Å². The van der Waals surface area contributed by atoms with Crippen LogP contribution < -0.4 is 0 Å². The zero-order valence-electron chi connectivity index (χ0n) is 17.0. The average molecular weight is 425 g/mol. The minimum Gasteiger partial charge on any atom is -0.507 e. The number of hydrogen-bond donors (Lipinski definition) is 1. The Labute approximate surface area is 179 Å². The van der Waals surface area contributed by atoms with Gasteiger partial charge in [-0.15, -0.1) is 0 Å². The molecule has 2 saturated heterocycles. The van der Waals surface area contributed by atoms with Gasteiger partial charge in [0.25, 0.3) is 11.7 Å². The standard InChI is InChI=1S/C23H24FN3O4/c24-18-5-2-1-4-17(18)20-19(21(28)16-6-8-25-9-7-16)22(29)23(30)27(20)11-3-10-26-12-14-31-15-13-26/h1-2,4-9,20,28H,3,10-15H2. The van der Waals surface area contributed by atoms with Crippen molar-refractivity contribution in [3.05, 3.63) is 71.3 Å². The SMILES string of the molecule is O=C1C(=O)N(CCCN2CCOCC2)C(c2ccccc2F)C1=C(O)c1ccncc1. The van der Waals surface area contributed by atoms with Crippen molar-refractivity contribution in [1.82, 2.24) is 14.8 Å². The van der Waals surface area contributed by atoms with E-state index in [9.17, 15) is 19.1 Å². The van der Waals surface area contributed by atoms with Crippen LogP contribution in [0.3, 0.4) is 0 Å². The van der Waals surface area contributed by atoms with Gasteiger partial charge in [-0.25, -0.2) is 4.39 Å². The first-order valence-electron chi connectivity index (χ1n) is 10.3. The van der Waals surface area contributed by atoms with E-state index in [0.29, 0.717) is 25.2 Å². The lowest BCUT2D eigenvalue weighted by atomic mass is 9.95. The van der Waals surface area contributed by atoms with E-state index in [4.69, 9.17) is 4.74 Å². The normalized spacial score (nSPS) is 21.6. The molecule has 7 nitrogen and oxygen atoms in total. The van der Waals surface area contributed by atoms with E-state index < -0.39 is 23.5 Å². The first kappa shape index (κ1) is 21.1. The molecule has 2 aromatic rings. The molecule has 31 heavy (non-hydrogen) atoms. The molecule has 2 fully saturated rings. The molecule has 0 aliphatic carbocycles. The number of rotatable bonds is 6. The highest BCUT2D eigenvalue weighted by Gasteiger charge is 2.46. The number of hydrogen-bond acceptors (Lipinski definition) is 6. The van der Waals surface area contributed by atoms with Gasteiger partial charge in [0.05, 0.1) is 24.8 Å². The zero-order chi connectivity index (χ0) is 21.8. The number of morpholine rings is 1. The summed E-state index contributed by atoms with van der Waals surface area (Å²) in [6, 6.07) is 8.12. The Morgan fingerprint density at radius 1 is 1.10 bits per heavy atom. The van der Waals surface area contributed by atoms with Crippen molar-refractivity contribution in [2.75, 3.05) is 39.4 Å². The fraction of sp³-hybridized carbons (Fsp3) is 0.348. The third kappa shape index (κ3) is 4.35. The fourth-order valence-electron chi connectivity index (χ4n) is 4.09. The number of halogens is 1. The van der Waals surface area contributed by atoms with Crippen molar-refractivity contribution >= 4 is 17.4 Å². The van der Waals surface area contributed by atoms with Crippen LogP contribution in [0.4, 0.5) is 4.39 Å². The number of aromatic nitrogens is 1. The van der Waals surface area contributed by atoms with Crippen molar-refractivity contribution in [2.45, 2.75) is 12.5 Å². The second-order valence-corrected chi connectivity index (χ2v) is 7.56. The summed E-state index contributed by atoms with van der Waals surface area (Å²) in [5.74, 6) is -2.40. The number of ketones is 1. The van der Waals surface area contributed by atoms with E-state index in [-0.39, 0.29) is 23.4 Å². The number of ether oxygens (including phenoxy) is 1. The van der Waals surface area contributed by atoms with Crippen molar-refractivity contribution in [3.8, 4) is 0 Å². The minimum atomic E-state index is -0.987. The van der Waals surface area contributed by atoms with Crippen LogP contribution in [0.2, 0.25) is 0 Å². The largest absolute Gasteiger partial charge is 0.507 e. The summed E-state index contributed by atoms with van der Waals surface area (Å²) < 4.78 is 20.1. The number of pyridine rings is 1. The van der Waals surface area contributed by atoms with Gasteiger partial charge < -0.3 is 14.7 Å². The van der Waals surface area contributed by atoms with Crippen molar-refractivity contribution in [2.24, 2.45) is 0 Å². The molecule has 2 aliphatic heterocycles. The number of aliphatic hydroxyl groups is 1. The van der Waals surface area contributed by atoms with Gasteiger partial charge in [0.1, 0.15) is 11.6 Å². The Hall–Kier alpha value is -3.10. The van der Waals surface area contributed by atoms with Crippen LogP contribution in [0.25, 0.3) is 5.76 Å². The quantitative estimate of drug-likeness (QED) is 0.435. The number of amides is 1. The molecule has 1 aromatic carbocycles. The van der Waals surface area contributed by atoms with E-state index in [2.05, 4.69) is 9.88 Å². The molecule has 0 spiro atoms. The summed E-state index contributed by atoms with van der Waals surface area (Å²) >= 11 is 0. The van der Waals surface area contributed by atoms with Crippen molar-refractivity contribution < 1.29 is 23.8 Å². The maximum atomic E-state index is 14.7. The second-order valence-electron chi connectivity index (χ2n) is 7.56. The van der Waals surface area contributed by atoms with Crippen LogP contribution in [-0.4, -0.2) is 71.0 Å². The molecule has 0 radical (unpaired) electrons. The van der Waals surface area contributed by atoms with E-state index in [0.717, 1.165) is 19.6 Å². The summed E-state index contributed by atoms with van der Waals surface area (Å²) in [5.41, 5.74) is 0.430. The topological polar surface area (TPSA) is 83.0 Å². The molecular weight excluding hydrogens is 401 g/mol. The Kier molecular flexibility index (Phi) is 6.39. The maximum absolute atomic E-state index is 14.7. The molecule has 1 amide bonds. The average Bonchev–Trinajstić information content (AvgIpc) is 3.05. The predicted octanol–water partition coefficient (Wildman–Crippen LogP) is 2.36. The highest BCUT2D eigenvalue weighted by atomic mass is 19.1. The molecule has 0 saturated carbocycles. The molecule has 4 rings (SSSR count). The monoisotopic (exact) mass is 425 g/mol. The fourth-order valence-corrected chi connectivity index (χ4v) is 4.09. The molecule has 8 heteroatoms. The van der Waals surface area contributed by atoms with E-state index in [1.807, 2.05) is 0 Å². The van der Waals surface area contributed by atoms with Crippen LogP contribution in [-0.2, 0) is 14.3 Å². The van der Waals surface area contributed by atoms with Gasteiger partial charge in [0.2, 0.25) is 0 Å². The molecule has 3 heterocycles. The first-order chi connectivity index (χ1) is 15.1. The number of nitrogens with zero attached hydrogens (tertiary/aromatic N) is 3. The van der Waals surface area contributed by atoms with Crippen LogP contribution >= 0.6 is 0 Å². The summed E-state index contributed by atoms with van der Waals surface area (Å²) in [6.45, 7) is 3.99. The van der Waals surface area contributed by atoms with Gasteiger partial charge in [0.15, 0.2) is 0 Å². The first-order valence-corrected chi connectivity index (χ1v) is 10.3. The number of benzene rings is 1. The van der Waals surface area contributed by atoms with Crippen LogP contribution in [0.5, 0.6) is 0 Å². The molecule has 162 valence electrons. The Balaban J connectivity index is 1.67. The van der Waals surface area contributed by atoms with Gasteiger partial charge in [0, 0.05) is 49.7 Å². The number of aliphatic hydroxyl groups excluding tert-OH is 1. The minimum absolute atomic E-state index is 0.104. The molecule has 1 atom stereocenters. The highest BCUT2D eigenvalue weighted by Crippen LogP contribution is 2.40. The van der Waals surface area contributed by atoms with E-state index in [1.165, 1.54) is 23.4 Å². The third-order valence-corrected chi connectivity index (χ3v) is 5.67. The van der Waals surface area contributed by atoms with Crippen LogP contribution in [0.15, 0.2) is 54.4 Å². The molecule has 1 aromatic heterocycles. The van der Waals surface area contributed by atoms with Crippen LogP contribution in [0, 0.1) is 5.82 Å². The highest BCUT2D eigenvalue weighted by molar-refractivity contribution is 6.46.